The van der Waals surface area contributed by atoms with E-state index in [1.165, 1.54) is 12.1 Å². The summed E-state index contributed by atoms with van der Waals surface area (Å²) >= 11 is 0. The lowest BCUT2D eigenvalue weighted by Gasteiger charge is -2.30. The first-order valence-electron chi connectivity index (χ1n) is 7.09. The van der Waals surface area contributed by atoms with Gasteiger partial charge in [-0.05, 0) is 30.5 Å². The van der Waals surface area contributed by atoms with Gasteiger partial charge >= 0.3 is 0 Å². The quantitative estimate of drug-likeness (QED) is 0.860. The third-order valence-corrected chi connectivity index (χ3v) is 3.50. The largest absolute Gasteiger partial charge is 0.347 e. The lowest BCUT2D eigenvalue weighted by atomic mass is 10.1. The molecule has 1 heterocycles. The summed E-state index contributed by atoms with van der Waals surface area (Å²) in [6.45, 7) is 1.19. The molecule has 1 unspecified atom stereocenters. The molecule has 0 aromatic heterocycles. The Labute approximate surface area is 135 Å². The van der Waals surface area contributed by atoms with Gasteiger partial charge in [0.1, 0.15) is 5.82 Å². The molecule has 5 nitrogen and oxygen atoms in total. The second-order valence-corrected chi connectivity index (χ2v) is 5.33. The second-order valence-electron chi connectivity index (χ2n) is 5.33. The van der Waals surface area contributed by atoms with E-state index in [4.69, 9.17) is 5.73 Å². The van der Waals surface area contributed by atoms with Gasteiger partial charge < -0.3 is 16.0 Å². The summed E-state index contributed by atoms with van der Waals surface area (Å²) in [6, 6.07) is 5.88. The van der Waals surface area contributed by atoms with Gasteiger partial charge in [-0.15, -0.1) is 12.4 Å². The smallest absolute Gasteiger partial charge is 0.242 e. The minimum absolute atomic E-state index is 0. The van der Waals surface area contributed by atoms with Crippen molar-refractivity contribution in [3.63, 3.8) is 0 Å². The highest BCUT2D eigenvalue weighted by Gasteiger charge is 2.21. The highest BCUT2D eigenvalue weighted by molar-refractivity contribution is 5.86. The van der Waals surface area contributed by atoms with Crippen LogP contribution in [-0.4, -0.2) is 42.4 Å². The van der Waals surface area contributed by atoms with Gasteiger partial charge in [0, 0.05) is 19.1 Å². The first kappa shape index (κ1) is 18.4. The van der Waals surface area contributed by atoms with Gasteiger partial charge in [0.25, 0.3) is 0 Å². The molecular formula is C15H21ClFN3O2. The van der Waals surface area contributed by atoms with Crippen LogP contribution in [0.1, 0.15) is 18.4 Å². The summed E-state index contributed by atoms with van der Waals surface area (Å²) < 4.78 is 13.0. The Hall–Kier alpha value is -1.66. The summed E-state index contributed by atoms with van der Waals surface area (Å²) in [5.41, 5.74) is 6.40. The number of rotatable bonds is 4. The number of likely N-dealkylation sites (tertiary alicyclic amines) is 1. The molecule has 3 N–H and O–H groups in total. The monoisotopic (exact) mass is 329 g/mol. The molecule has 1 atom stereocenters. The molecule has 1 aliphatic heterocycles. The Balaban J connectivity index is 0.00000242. The topological polar surface area (TPSA) is 75.4 Å². The van der Waals surface area contributed by atoms with E-state index in [0.29, 0.717) is 18.7 Å². The summed E-state index contributed by atoms with van der Waals surface area (Å²) in [4.78, 5) is 25.4. The normalized spacial score (nSPS) is 17.5. The Morgan fingerprint density at radius 3 is 2.86 bits per heavy atom. The molecule has 2 amide bonds. The Morgan fingerprint density at radius 2 is 2.18 bits per heavy atom. The standard InChI is InChI=1S/C15H20FN3O2.ClH/c16-12-4-1-3-11(7-12)8-14(20)18-9-15(21)19-6-2-5-13(17)10-19;/h1,3-4,7,13H,2,5-6,8-10,17H2,(H,18,20);1H. The zero-order chi connectivity index (χ0) is 15.2. The van der Waals surface area contributed by atoms with E-state index in [9.17, 15) is 14.0 Å². The summed E-state index contributed by atoms with van der Waals surface area (Å²) in [7, 11) is 0. The van der Waals surface area contributed by atoms with Crippen LogP contribution in [0.2, 0.25) is 0 Å². The van der Waals surface area contributed by atoms with Crippen LogP contribution >= 0.6 is 12.4 Å². The average Bonchev–Trinajstić information content (AvgIpc) is 2.45. The average molecular weight is 330 g/mol. The molecule has 122 valence electrons. The van der Waals surface area contributed by atoms with Crippen LogP contribution in [0.15, 0.2) is 24.3 Å². The number of nitrogens with one attached hydrogen (secondary N) is 1. The van der Waals surface area contributed by atoms with E-state index >= 15 is 0 Å². The number of hydrogen-bond acceptors (Lipinski definition) is 3. The molecule has 0 spiro atoms. The highest BCUT2D eigenvalue weighted by Crippen LogP contribution is 2.08. The molecule has 0 aliphatic carbocycles. The number of carbonyl (C=O) groups is 2. The van der Waals surface area contributed by atoms with Crippen molar-refractivity contribution >= 4 is 24.2 Å². The van der Waals surface area contributed by atoms with E-state index in [-0.39, 0.29) is 49.0 Å². The van der Waals surface area contributed by atoms with Crippen molar-refractivity contribution in [3.05, 3.63) is 35.6 Å². The van der Waals surface area contributed by atoms with Crippen molar-refractivity contribution < 1.29 is 14.0 Å². The van der Waals surface area contributed by atoms with E-state index < -0.39 is 0 Å². The number of benzene rings is 1. The summed E-state index contributed by atoms with van der Waals surface area (Å²) in [5, 5.41) is 2.57. The summed E-state index contributed by atoms with van der Waals surface area (Å²) in [6.07, 6.45) is 1.88. The van der Waals surface area contributed by atoms with Crippen LogP contribution in [0.4, 0.5) is 4.39 Å². The van der Waals surface area contributed by atoms with Gasteiger partial charge in [0.2, 0.25) is 11.8 Å². The van der Waals surface area contributed by atoms with E-state index in [2.05, 4.69) is 5.32 Å². The van der Waals surface area contributed by atoms with Crippen LogP contribution < -0.4 is 11.1 Å². The van der Waals surface area contributed by atoms with Crippen molar-refractivity contribution in [1.29, 1.82) is 0 Å². The van der Waals surface area contributed by atoms with Gasteiger partial charge in [-0.3, -0.25) is 9.59 Å². The predicted molar refractivity (Wildman–Crippen MR) is 84.2 cm³/mol. The van der Waals surface area contributed by atoms with Gasteiger partial charge in [0.05, 0.1) is 13.0 Å². The molecule has 2 rings (SSSR count). The van der Waals surface area contributed by atoms with E-state index in [1.54, 1.807) is 17.0 Å². The first-order valence-corrected chi connectivity index (χ1v) is 7.09. The van der Waals surface area contributed by atoms with Gasteiger partial charge in [-0.2, -0.15) is 0 Å². The van der Waals surface area contributed by atoms with Crippen molar-refractivity contribution in [1.82, 2.24) is 10.2 Å². The lowest BCUT2D eigenvalue weighted by molar-refractivity contribution is -0.133. The molecule has 1 aromatic carbocycles. The van der Waals surface area contributed by atoms with E-state index in [1.807, 2.05) is 0 Å². The molecule has 0 bridgehead atoms. The minimum Gasteiger partial charge on any atom is -0.347 e. The molecule has 1 saturated heterocycles. The fourth-order valence-corrected chi connectivity index (χ4v) is 2.42. The van der Waals surface area contributed by atoms with Crippen LogP contribution in [0.3, 0.4) is 0 Å². The third-order valence-electron chi connectivity index (χ3n) is 3.50. The molecular weight excluding hydrogens is 309 g/mol. The predicted octanol–water partition coefficient (Wildman–Crippen LogP) is 0.856. The number of hydrogen-bond donors (Lipinski definition) is 2. The first-order chi connectivity index (χ1) is 10.0. The molecule has 1 aromatic rings. The third kappa shape index (κ3) is 5.61. The SMILES string of the molecule is Cl.NC1CCCN(C(=O)CNC(=O)Cc2cccc(F)c2)C1. The number of amides is 2. The van der Waals surface area contributed by atoms with E-state index in [0.717, 1.165) is 12.8 Å². The molecule has 22 heavy (non-hydrogen) atoms. The summed E-state index contributed by atoms with van der Waals surface area (Å²) in [5.74, 6) is -0.799. The van der Waals surface area contributed by atoms with Crippen LogP contribution in [0, 0.1) is 5.82 Å². The highest BCUT2D eigenvalue weighted by atomic mass is 35.5. The molecule has 1 aliphatic rings. The number of nitrogens with two attached hydrogens (primary N) is 1. The number of halogens is 2. The Kier molecular flexibility index (Phi) is 7.27. The van der Waals surface area contributed by atoms with Crippen molar-refractivity contribution in [2.45, 2.75) is 25.3 Å². The van der Waals surface area contributed by atoms with Gasteiger partial charge in [-0.25, -0.2) is 4.39 Å². The maximum Gasteiger partial charge on any atom is 0.242 e. The zero-order valence-corrected chi connectivity index (χ0v) is 13.1. The lowest BCUT2D eigenvalue weighted by Crippen LogP contribution is -2.49. The van der Waals surface area contributed by atoms with Crippen molar-refractivity contribution in [2.24, 2.45) is 5.73 Å². The fourth-order valence-electron chi connectivity index (χ4n) is 2.42. The molecule has 7 heteroatoms. The maximum atomic E-state index is 13.0. The Bertz CT molecular complexity index is 527. The number of nitrogens with zero attached hydrogens (tertiary/aromatic N) is 1. The van der Waals surface area contributed by atoms with Gasteiger partial charge in [-0.1, -0.05) is 12.1 Å². The van der Waals surface area contributed by atoms with Crippen LogP contribution in [0.5, 0.6) is 0 Å². The number of carbonyl (C=O) groups excluding carboxylic acids is 2. The molecule has 0 radical (unpaired) electrons. The number of piperidine rings is 1. The minimum atomic E-state index is -0.376. The van der Waals surface area contributed by atoms with Crippen LogP contribution in [-0.2, 0) is 16.0 Å². The molecule has 0 saturated carbocycles. The van der Waals surface area contributed by atoms with Crippen molar-refractivity contribution in [2.75, 3.05) is 19.6 Å². The van der Waals surface area contributed by atoms with Crippen molar-refractivity contribution in [3.8, 4) is 0 Å². The maximum absolute atomic E-state index is 13.0. The van der Waals surface area contributed by atoms with Gasteiger partial charge in [0.15, 0.2) is 0 Å². The Morgan fingerprint density at radius 1 is 1.41 bits per heavy atom. The second kappa shape index (κ2) is 8.70. The molecule has 1 fully saturated rings. The zero-order valence-electron chi connectivity index (χ0n) is 12.3. The van der Waals surface area contributed by atoms with Crippen LogP contribution in [0.25, 0.3) is 0 Å². The fraction of sp³-hybridized carbons (Fsp3) is 0.467.